The molecule has 4 heteroatoms. The van der Waals surface area contributed by atoms with Gasteiger partial charge in [0.1, 0.15) is 12.3 Å². The minimum atomic E-state index is -3.42. The summed E-state index contributed by atoms with van der Waals surface area (Å²) in [6, 6.07) is -5.10. The molecule has 2 aromatic carbocycles. The Morgan fingerprint density at radius 3 is 2.69 bits per heavy atom. The van der Waals surface area contributed by atoms with Crippen molar-refractivity contribution < 1.29 is 44.0 Å². The Labute approximate surface area is 182 Å². The summed E-state index contributed by atoms with van der Waals surface area (Å²) in [6.45, 7) is -0.144. The van der Waals surface area contributed by atoms with Crippen molar-refractivity contribution in [2.75, 3.05) is 20.6 Å². The normalized spacial score (nSPS) is 24.6. The highest BCUT2D eigenvalue weighted by atomic mass is 16.5. The van der Waals surface area contributed by atoms with E-state index in [1.807, 2.05) is 0 Å². The minimum Gasteiger partial charge on any atom is -0.493 e. The van der Waals surface area contributed by atoms with Gasteiger partial charge in [-0.15, -0.1) is 0 Å². The van der Waals surface area contributed by atoms with Gasteiger partial charge < -0.3 is 19.3 Å². The smallest absolute Gasteiger partial charge is 0.160 e. The van der Waals surface area contributed by atoms with Crippen LogP contribution >= 0.6 is 0 Å². The number of hydrogen-bond acceptors (Lipinski definition) is 4. The summed E-state index contributed by atoms with van der Waals surface area (Å²) in [6.07, 6.45) is -10.7. The SMILES string of the molecule is [2H]c1c([2H])c(OC([2H])([2H])C(O)CCC([2H])([2H])C([2H])([2H])c2c([2H])c([2H])c(OC([2H])([2H])[2H])c(OC([2H])([2H])[2H])c2[2H])c([2H])c(C)c1C. The Kier molecular flexibility index (Phi) is 2.62. The van der Waals surface area contributed by atoms with Crippen LogP contribution < -0.4 is 14.2 Å². The maximum atomic E-state index is 10.6. The molecule has 0 spiro atoms. The summed E-state index contributed by atoms with van der Waals surface area (Å²) >= 11 is 0. The highest BCUT2D eigenvalue weighted by molar-refractivity contribution is 5.42. The summed E-state index contributed by atoms with van der Waals surface area (Å²) in [5, 5.41) is 10.6. The molecule has 0 radical (unpaired) electrons. The van der Waals surface area contributed by atoms with Gasteiger partial charge in [0.05, 0.1) is 39.4 Å². The second kappa shape index (κ2) is 10.1. The zero-order chi connectivity index (χ0) is 34.5. The zero-order valence-corrected chi connectivity index (χ0v) is 14.2. The van der Waals surface area contributed by atoms with E-state index in [9.17, 15) is 5.11 Å². The molecule has 4 nitrogen and oxygen atoms in total. The van der Waals surface area contributed by atoms with Gasteiger partial charge in [-0.1, -0.05) is 18.5 Å². The van der Waals surface area contributed by atoms with Gasteiger partial charge in [0.2, 0.25) is 0 Å². The van der Waals surface area contributed by atoms with Gasteiger partial charge in [0.25, 0.3) is 0 Å². The van der Waals surface area contributed by atoms with Crippen LogP contribution in [0.1, 0.15) is 60.6 Å². The fourth-order valence-corrected chi connectivity index (χ4v) is 1.72. The number of hydrogen-bond donors (Lipinski definition) is 1. The van der Waals surface area contributed by atoms with E-state index in [4.69, 9.17) is 29.4 Å². The Morgan fingerprint density at radius 2 is 1.88 bits per heavy atom. The van der Waals surface area contributed by atoms with Crippen LogP contribution in [-0.4, -0.2) is 31.8 Å². The van der Waals surface area contributed by atoms with E-state index in [1.165, 1.54) is 13.8 Å². The molecule has 2 rings (SSSR count). The predicted molar refractivity (Wildman–Crippen MR) is 105 cm³/mol. The third kappa shape index (κ3) is 5.95. The van der Waals surface area contributed by atoms with Crippen LogP contribution in [0.4, 0.5) is 0 Å². The third-order valence-electron chi connectivity index (χ3n) is 3.23. The molecule has 0 saturated heterocycles. The van der Waals surface area contributed by atoms with Gasteiger partial charge in [-0.2, -0.15) is 0 Å². The van der Waals surface area contributed by atoms with E-state index in [1.54, 1.807) is 0 Å². The molecule has 0 aliphatic carbocycles. The molecule has 1 N–H and O–H groups in total. The van der Waals surface area contributed by atoms with Gasteiger partial charge in [-0.3, -0.25) is 0 Å². The van der Waals surface area contributed by atoms with Crippen molar-refractivity contribution >= 4 is 0 Å². The van der Waals surface area contributed by atoms with Crippen LogP contribution in [0.5, 0.6) is 17.2 Å². The van der Waals surface area contributed by atoms with Gasteiger partial charge in [-0.25, -0.2) is 0 Å². The van der Waals surface area contributed by atoms with Crippen LogP contribution in [0.2, 0.25) is 0 Å². The maximum Gasteiger partial charge on any atom is 0.160 e. The molecule has 142 valence electrons. The lowest BCUT2D eigenvalue weighted by molar-refractivity contribution is 0.0976. The van der Waals surface area contributed by atoms with E-state index in [2.05, 4.69) is 9.47 Å². The number of methoxy groups -OCH3 is 2. The van der Waals surface area contributed by atoms with Crippen LogP contribution in [-0.2, 0) is 6.37 Å². The van der Waals surface area contributed by atoms with Crippen molar-refractivity contribution in [3.63, 3.8) is 0 Å². The highest BCUT2D eigenvalue weighted by Crippen LogP contribution is 2.28. The van der Waals surface area contributed by atoms with Crippen molar-refractivity contribution in [3.8, 4) is 17.2 Å². The fraction of sp³-hybridized carbons (Fsp3) is 0.455. The Hall–Kier alpha value is -2.20. The molecular formula is C22H30O4. The predicted octanol–water partition coefficient (Wildman–Crippen LogP) is 4.47. The van der Waals surface area contributed by atoms with Gasteiger partial charge in [0.15, 0.2) is 11.5 Å². The summed E-state index contributed by atoms with van der Waals surface area (Å²) in [7, 11) is -6.68. The van der Waals surface area contributed by atoms with Crippen molar-refractivity contribution in [2.24, 2.45) is 0 Å². The second-order valence-electron chi connectivity index (χ2n) is 5.14. The lowest BCUT2D eigenvalue weighted by atomic mass is 10.0. The van der Waals surface area contributed by atoms with Crippen LogP contribution in [0.25, 0.3) is 0 Å². The average molecular weight is 377 g/mol. The summed E-state index contributed by atoms with van der Waals surface area (Å²) < 4.78 is 157. The highest BCUT2D eigenvalue weighted by Gasteiger charge is 2.07. The number of ether oxygens (including phenoxy) is 3. The van der Waals surface area contributed by atoms with Crippen LogP contribution in [0.15, 0.2) is 36.3 Å². The van der Waals surface area contributed by atoms with Crippen LogP contribution in [0, 0.1) is 13.8 Å². The zero-order valence-electron chi connectivity index (χ0n) is 32.2. The summed E-state index contributed by atoms with van der Waals surface area (Å²) in [5.74, 6) is -3.08. The van der Waals surface area contributed by atoms with Crippen molar-refractivity contribution in [2.45, 2.75) is 45.5 Å². The fourth-order valence-electron chi connectivity index (χ4n) is 1.72. The van der Waals surface area contributed by atoms with E-state index in [-0.39, 0.29) is 17.2 Å². The van der Waals surface area contributed by atoms with Gasteiger partial charge in [0, 0.05) is 5.48 Å². The molecule has 0 bridgehead atoms. The quantitative estimate of drug-likeness (QED) is 0.664. The molecule has 26 heavy (non-hydrogen) atoms. The lowest BCUT2D eigenvalue weighted by Gasteiger charge is -2.13. The largest absolute Gasteiger partial charge is 0.493 e. The number of benzene rings is 2. The molecule has 0 saturated carbocycles. The van der Waals surface area contributed by atoms with E-state index >= 15 is 0 Å². The third-order valence-corrected chi connectivity index (χ3v) is 3.23. The first-order chi connectivity index (χ1) is 19.6. The Bertz CT molecular complexity index is 1370. The van der Waals surface area contributed by atoms with Crippen molar-refractivity contribution in [1.82, 2.24) is 0 Å². The van der Waals surface area contributed by atoms with Crippen molar-refractivity contribution in [3.05, 3.63) is 52.9 Å². The molecular weight excluding hydrogens is 328 g/mol. The average Bonchev–Trinajstić information content (AvgIpc) is 2.86. The molecule has 0 heterocycles. The van der Waals surface area contributed by atoms with Crippen molar-refractivity contribution in [1.29, 1.82) is 0 Å². The number of rotatable bonds is 10. The minimum absolute atomic E-state index is 0.221. The molecule has 0 fully saturated rings. The number of aliphatic hydroxyl groups is 1. The first kappa shape index (κ1) is 6.75. The molecule has 1 unspecified atom stereocenters. The summed E-state index contributed by atoms with van der Waals surface area (Å²) in [5.41, 5.74) is -0.694. The second-order valence-corrected chi connectivity index (χ2v) is 5.14. The van der Waals surface area contributed by atoms with E-state index in [0.717, 1.165) is 0 Å². The Morgan fingerprint density at radius 1 is 1.08 bits per heavy atom. The molecule has 2 aromatic rings. The Balaban J connectivity index is 2.50. The molecule has 1 atom stereocenters. The van der Waals surface area contributed by atoms with Gasteiger partial charge >= 0.3 is 0 Å². The topological polar surface area (TPSA) is 47.9 Å². The van der Waals surface area contributed by atoms with Gasteiger partial charge in [-0.05, 0) is 73.9 Å². The molecule has 0 aliphatic heterocycles. The number of aliphatic hydroxyl groups excluding tert-OH is 1. The summed E-state index contributed by atoms with van der Waals surface area (Å²) in [4.78, 5) is 0. The van der Waals surface area contributed by atoms with E-state index < -0.39 is 105 Å². The van der Waals surface area contributed by atoms with Crippen LogP contribution in [0.3, 0.4) is 0 Å². The molecule has 0 amide bonds. The first-order valence-corrected chi connectivity index (χ1v) is 7.53. The first-order valence-electron chi connectivity index (χ1n) is 16.5. The molecule has 0 aliphatic rings. The van der Waals surface area contributed by atoms with E-state index in [0.29, 0.717) is 0 Å². The monoisotopic (exact) mass is 376 g/mol. The maximum absolute atomic E-state index is 10.6. The lowest BCUT2D eigenvalue weighted by Crippen LogP contribution is -2.17. The standard InChI is InChI=1S/C22H30O4/c1-16-9-11-20(13-17(16)2)26-15-19(23)8-6-5-7-18-10-12-21(24-3)22(14-18)25-4/h9-14,19,23H,5-8,15H2,1-4H3/i3D3,4D3,5D2,7D2,9D,10D,11D,12D,13D,14D,15D2. The molecule has 0 aromatic heterocycles.